The number of carboxylic acid groups (broad SMARTS) is 1. The van der Waals surface area contributed by atoms with E-state index in [9.17, 15) is 4.79 Å². The summed E-state index contributed by atoms with van der Waals surface area (Å²) in [5.74, 6) is 0.0887. The Hall–Kier alpha value is -1.66. The summed E-state index contributed by atoms with van der Waals surface area (Å²) in [5, 5.41) is 9.26. The van der Waals surface area contributed by atoms with Crippen LogP contribution in [-0.4, -0.2) is 26.0 Å². The number of nitrogens with zero attached hydrogens (tertiary/aromatic N) is 3. The van der Waals surface area contributed by atoms with Gasteiger partial charge in [-0.15, -0.1) is 11.8 Å². The number of pyridine rings is 1. The number of thioether (sulfide) groups is 1. The molecule has 5 nitrogen and oxygen atoms in total. The molecular weight excluding hydrogens is 286 g/mol. The van der Waals surface area contributed by atoms with E-state index in [0.29, 0.717) is 16.7 Å². The van der Waals surface area contributed by atoms with Crippen molar-refractivity contribution in [2.45, 2.75) is 17.6 Å². The molecule has 0 aromatic carbocycles. The van der Waals surface area contributed by atoms with Gasteiger partial charge in [0, 0.05) is 16.8 Å². The van der Waals surface area contributed by atoms with E-state index in [2.05, 4.69) is 15.0 Å². The van der Waals surface area contributed by atoms with E-state index < -0.39 is 5.97 Å². The van der Waals surface area contributed by atoms with E-state index in [1.807, 2.05) is 6.92 Å². The highest BCUT2D eigenvalue weighted by molar-refractivity contribution is 7.98. The molecule has 0 aliphatic carbocycles. The van der Waals surface area contributed by atoms with Crippen molar-refractivity contribution in [3.63, 3.8) is 0 Å². The van der Waals surface area contributed by atoms with Crippen molar-refractivity contribution >= 4 is 29.3 Å². The lowest BCUT2D eigenvalue weighted by atomic mass is 10.3. The molecule has 2 aromatic rings. The number of hydrogen-bond acceptors (Lipinski definition) is 5. The van der Waals surface area contributed by atoms with Crippen LogP contribution in [0.15, 0.2) is 29.3 Å². The van der Waals surface area contributed by atoms with Crippen molar-refractivity contribution in [3.05, 3.63) is 46.8 Å². The molecule has 2 aromatic heterocycles. The minimum Gasteiger partial charge on any atom is -0.477 e. The van der Waals surface area contributed by atoms with Crippen LogP contribution in [0.3, 0.4) is 0 Å². The molecule has 0 amide bonds. The van der Waals surface area contributed by atoms with Crippen LogP contribution in [0.2, 0.25) is 5.15 Å². The SMILES string of the molecule is Cc1cc(Cl)nc(CSc2ccnc(C(=O)O)c2)n1. The molecule has 0 atom stereocenters. The van der Waals surface area contributed by atoms with Crippen LogP contribution in [0.5, 0.6) is 0 Å². The summed E-state index contributed by atoms with van der Waals surface area (Å²) in [7, 11) is 0. The summed E-state index contributed by atoms with van der Waals surface area (Å²) >= 11 is 7.29. The van der Waals surface area contributed by atoms with Gasteiger partial charge >= 0.3 is 5.97 Å². The van der Waals surface area contributed by atoms with Crippen molar-refractivity contribution in [2.75, 3.05) is 0 Å². The first-order chi connectivity index (χ1) is 9.04. The highest BCUT2D eigenvalue weighted by Crippen LogP contribution is 2.22. The number of aromatic carboxylic acids is 1. The van der Waals surface area contributed by atoms with Crippen molar-refractivity contribution in [3.8, 4) is 0 Å². The van der Waals surface area contributed by atoms with Gasteiger partial charge in [-0.1, -0.05) is 11.6 Å². The second-order valence-electron chi connectivity index (χ2n) is 3.72. The Kier molecular flexibility index (Phi) is 4.34. The highest BCUT2D eigenvalue weighted by atomic mass is 35.5. The Balaban J connectivity index is 2.10. The first-order valence-electron chi connectivity index (χ1n) is 5.37. The molecule has 0 radical (unpaired) electrons. The standard InChI is InChI=1S/C12H10ClN3O2S/c1-7-4-10(13)16-11(15-7)6-19-8-2-3-14-9(5-8)12(17)18/h2-5H,6H2,1H3,(H,17,18). The normalized spacial score (nSPS) is 10.4. The van der Waals surface area contributed by atoms with Gasteiger partial charge in [0.2, 0.25) is 0 Å². The lowest BCUT2D eigenvalue weighted by Crippen LogP contribution is -1.99. The first-order valence-corrected chi connectivity index (χ1v) is 6.73. The van der Waals surface area contributed by atoms with Gasteiger partial charge in [-0.05, 0) is 25.1 Å². The average Bonchev–Trinajstić information content (AvgIpc) is 2.35. The molecular formula is C12H10ClN3O2S. The van der Waals surface area contributed by atoms with Crippen LogP contribution in [-0.2, 0) is 5.75 Å². The minimum absolute atomic E-state index is 0.0215. The predicted molar refractivity (Wildman–Crippen MR) is 72.5 cm³/mol. The molecule has 0 aliphatic heterocycles. The molecule has 7 heteroatoms. The fraction of sp³-hybridized carbons (Fsp3) is 0.167. The Morgan fingerprint density at radius 3 is 2.89 bits per heavy atom. The number of halogens is 1. The molecule has 0 saturated heterocycles. The molecule has 0 saturated carbocycles. The zero-order valence-corrected chi connectivity index (χ0v) is 11.6. The van der Waals surface area contributed by atoms with E-state index in [1.165, 1.54) is 24.0 Å². The van der Waals surface area contributed by atoms with Crippen LogP contribution in [0.1, 0.15) is 22.0 Å². The fourth-order valence-electron chi connectivity index (χ4n) is 1.42. The molecule has 0 aliphatic rings. The molecule has 98 valence electrons. The molecule has 0 bridgehead atoms. The summed E-state index contributed by atoms with van der Waals surface area (Å²) in [6.45, 7) is 1.84. The van der Waals surface area contributed by atoms with E-state index in [0.717, 1.165) is 10.6 Å². The van der Waals surface area contributed by atoms with Crippen LogP contribution in [0.25, 0.3) is 0 Å². The van der Waals surface area contributed by atoms with Crippen LogP contribution >= 0.6 is 23.4 Å². The predicted octanol–water partition coefficient (Wildman–Crippen LogP) is 2.82. The van der Waals surface area contributed by atoms with Gasteiger partial charge < -0.3 is 5.11 Å². The summed E-state index contributed by atoms with van der Waals surface area (Å²) in [4.78, 5) is 23.7. The Morgan fingerprint density at radius 2 is 2.21 bits per heavy atom. The first kappa shape index (κ1) is 13.8. The van der Waals surface area contributed by atoms with E-state index in [4.69, 9.17) is 16.7 Å². The van der Waals surface area contributed by atoms with Crippen LogP contribution < -0.4 is 0 Å². The summed E-state index contributed by atoms with van der Waals surface area (Å²) in [5.41, 5.74) is 0.824. The number of aromatic nitrogens is 3. The van der Waals surface area contributed by atoms with Crippen molar-refractivity contribution in [1.29, 1.82) is 0 Å². The number of carbonyl (C=O) groups is 1. The highest BCUT2D eigenvalue weighted by Gasteiger charge is 2.07. The number of hydrogen-bond donors (Lipinski definition) is 1. The van der Waals surface area contributed by atoms with E-state index in [-0.39, 0.29) is 5.69 Å². The van der Waals surface area contributed by atoms with Crippen LogP contribution in [0.4, 0.5) is 0 Å². The molecule has 0 spiro atoms. The third kappa shape index (κ3) is 3.90. The third-order valence-corrected chi connectivity index (χ3v) is 3.37. The maximum absolute atomic E-state index is 10.8. The van der Waals surface area contributed by atoms with Crippen molar-refractivity contribution in [1.82, 2.24) is 15.0 Å². The van der Waals surface area contributed by atoms with Gasteiger partial charge in [-0.25, -0.2) is 19.7 Å². The van der Waals surface area contributed by atoms with Gasteiger partial charge in [-0.3, -0.25) is 0 Å². The topological polar surface area (TPSA) is 76.0 Å². The van der Waals surface area contributed by atoms with Crippen LogP contribution in [0, 0.1) is 6.92 Å². The summed E-state index contributed by atoms with van der Waals surface area (Å²) in [6, 6.07) is 4.95. The van der Waals surface area contributed by atoms with Gasteiger partial charge in [0.15, 0.2) is 0 Å². The maximum Gasteiger partial charge on any atom is 0.354 e. The Morgan fingerprint density at radius 1 is 1.42 bits per heavy atom. The molecule has 0 unspecified atom stereocenters. The summed E-state index contributed by atoms with van der Waals surface area (Å²) < 4.78 is 0. The van der Waals surface area contributed by atoms with E-state index in [1.54, 1.807) is 12.1 Å². The Labute approximate surface area is 119 Å². The number of aryl methyl sites for hydroxylation is 1. The second-order valence-corrected chi connectivity index (χ2v) is 5.15. The second kappa shape index (κ2) is 5.99. The van der Waals surface area contributed by atoms with Gasteiger partial charge in [0.05, 0.1) is 5.75 Å². The lowest BCUT2D eigenvalue weighted by molar-refractivity contribution is 0.0690. The largest absolute Gasteiger partial charge is 0.477 e. The molecule has 2 heterocycles. The fourth-order valence-corrected chi connectivity index (χ4v) is 2.45. The maximum atomic E-state index is 10.8. The molecule has 0 fully saturated rings. The number of rotatable bonds is 4. The van der Waals surface area contributed by atoms with Crippen molar-refractivity contribution in [2.24, 2.45) is 0 Å². The Bertz CT molecular complexity index is 601. The van der Waals surface area contributed by atoms with E-state index >= 15 is 0 Å². The quantitative estimate of drug-likeness (QED) is 0.690. The van der Waals surface area contributed by atoms with Gasteiger partial charge in [0.25, 0.3) is 0 Å². The van der Waals surface area contributed by atoms with Gasteiger partial charge in [-0.2, -0.15) is 0 Å². The van der Waals surface area contributed by atoms with Crippen molar-refractivity contribution < 1.29 is 9.90 Å². The lowest BCUT2D eigenvalue weighted by Gasteiger charge is -2.03. The molecule has 2 rings (SSSR count). The number of carboxylic acids is 1. The third-order valence-electron chi connectivity index (χ3n) is 2.19. The zero-order valence-electron chi connectivity index (χ0n) is 10.00. The minimum atomic E-state index is -1.04. The zero-order chi connectivity index (χ0) is 13.8. The smallest absolute Gasteiger partial charge is 0.354 e. The average molecular weight is 296 g/mol. The summed E-state index contributed by atoms with van der Waals surface area (Å²) in [6.07, 6.45) is 1.47. The monoisotopic (exact) mass is 295 g/mol. The molecule has 19 heavy (non-hydrogen) atoms. The molecule has 1 N–H and O–H groups in total. The van der Waals surface area contributed by atoms with Gasteiger partial charge in [0.1, 0.15) is 16.7 Å².